The lowest BCUT2D eigenvalue weighted by atomic mass is 10.0. The van der Waals surface area contributed by atoms with E-state index in [2.05, 4.69) is 35.4 Å². The Morgan fingerprint density at radius 3 is 2.86 bits per heavy atom. The summed E-state index contributed by atoms with van der Waals surface area (Å²) in [7, 11) is 1.85. The highest BCUT2D eigenvalue weighted by Crippen LogP contribution is 2.34. The van der Waals surface area contributed by atoms with Crippen LogP contribution in [0.4, 0.5) is 5.69 Å². The Kier molecular flexibility index (Phi) is 3.75. The van der Waals surface area contributed by atoms with Crippen molar-refractivity contribution in [1.82, 2.24) is 10.3 Å². The highest BCUT2D eigenvalue weighted by Gasteiger charge is 2.25. The zero-order chi connectivity index (χ0) is 14.6. The number of amides is 1. The van der Waals surface area contributed by atoms with Crippen molar-refractivity contribution in [2.75, 3.05) is 18.5 Å². The van der Waals surface area contributed by atoms with Crippen LogP contribution in [0.5, 0.6) is 0 Å². The van der Waals surface area contributed by atoms with Crippen LogP contribution in [0.15, 0.2) is 18.2 Å². The van der Waals surface area contributed by atoms with Crippen LogP contribution < -0.4 is 10.2 Å². The van der Waals surface area contributed by atoms with E-state index in [1.165, 1.54) is 28.1 Å². The molecular weight excluding hydrogens is 298 g/mol. The molecule has 2 aliphatic rings. The zero-order valence-corrected chi connectivity index (χ0v) is 13.6. The average Bonchev–Trinajstić information content (AvgIpc) is 2.98. The van der Waals surface area contributed by atoms with Gasteiger partial charge in [-0.1, -0.05) is 6.07 Å². The van der Waals surface area contributed by atoms with Gasteiger partial charge in [0.15, 0.2) is 0 Å². The minimum atomic E-state index is 0. The SMILES string of the molecule is Cc1c(-c2ccc3c(c2)CC(=O)N3C)[nH]c2c1CNCC2.Cl. The maximum Gasteiger partial charge on any atom is 0.231 e. The summed E-state index contributed by atoms with van der Waals surface area (Å²) < 4.78 is 0. The second kappa shape index (κ2) is 5.45. The molecule has 0 atom stereocenters. The molecule has 1 aromatic heterocycles. The molecule has 0 unspecified atom stereocenters. The first-order valence-corrected chi connectivity index (χ1v) is 7.46. The second-order valence-electron chi connectivity index (χ2n) is 5.98. The van der Waals surface area contributed by atoms with Gasteiger partial charge >= 0.3 is 0 Å². The fraction of sp³-hybridized carbons (Fsp3) is 0.353. The number of fused-ring (bicyclic) bond motifs is 2. The molecule has 1 amide bonds. The molecule has 0 bridgehead atoms. The van der Waals surface area contributed by atoms with Crippen molar-refractivity contribution < 1.29 is 4.79 Å². The lowest BCUT2D eigenvalue weighted by molar-refractivity contribution is -0.117. The third kappa shape index (κ3) is 2.14. The largest absolute Gasteiger partial charge is 0.358 e. The van der Waals surface area contributed by atoms with Crippen LogP contribution in [-0.2, 0) is 24.2 Å². The summed E-state index contributed by atoms with van der Waals surface area (Å²) in [5.41, 5.74) is 8.65. The molecular formula is C17H20ClN3O. The van der Waals surface area contributed by atoms with Crippen molar-refractivity contribution >= 4 is 24.0 Å². The predicted octanol–water partition coefficient (Wildman–Crippen LogP) is 2.58. The molecule has 4 nitrogen and oxygen atoms in total. The fourth-order valence-electron chi connectivity index (χ4n) is 3.49. The number of nitrogens with zero attached hydrogens (tertiary/aromatic N) is 1. The molecule has 2 N–H and O–H groups in total. The van der Waals surface area contributed by atoms with Gasteiger partial charge in [-0.2, -0.15) is 0 Å². The summed E-state index contributed by atoms with van der Waals surface area (Å²) >= 11 is 0. The smallest absolute Gasteiger partial charge is 0.231 e. The van der Waals surface area contributed by atoms with E-state index in [1.54, 1.807) is 4.90 Å². The van der Waals surface area contributed by atoms with E-state index in [0.29, 0.717) is 6.42 Å². The maximum atomic E-state index is 11.8. The van der Waals surface area contributed by atoms with E-state index in [4.69, 9.17) is 0 Å². The maximum absolute atomic E-state index is 11.8. The minimum Gasteiger partial charge on any atom is -0.358 e. The summed E-state index contributed by atoms with van der Waals surface area (Å²) in [4.78, 5) is 17.2. The normalized spacial score (nSPS) is 16.3. The standard InChI is InChI=1S/C17H19N3O.ClH/c1-10-13-9-18-6-5-14(13)19-17(10)11-3-4-15-12(7-11)8-16(21)20(15)2;/h3-4,7,18-19H,5-6,8-9H2,1-2H3;1H. The summed E-state index contributed by atoms with van der Waals surface area (Å²) in [6.45, 7) is 4.17. The Labute approximate surface area is 136 Å². The van der Waals surface area contributed by atoms with Gasteiger partial charge in [0.2, 0.25) is 5.91 Å². The second-order valence-corrected chi connectivity index (χ2v) is 5.98. The molecule has 116 valence electrons. The van der Waals surface area contributed by atoms with Gasteiger partial charge in [0.05, 0.1) is 6.42 Å². The molecule has 4 rings (SSSR count). The number of hydrogen-bond acceptors (Lipinski definition) is 2. The zero-order valence-electron chi connectivity index (χ0n) is 12.8. The van der Waals surface area contributed by atoms with E-state index in [9.17, 15) is 4.79 Å². The molecule has 0 saturated heterocycles. The van der Waals surface area contributed by atoms with Crippen LogP contribution in [0.25, 0.3) is 11.3 Å². The lowest BCUT2D eigenvalue weighted by Crippen LogP contribution is -2.23. The van der Waals surface area contributed by atoms with Crippen molar-refractivity contribution in [3.05, 3.63) is 40.6 Å². The Morgan fingerprint density at radius 2 is 2.09 bits per heavy atom. The number of likely N-dealkylation sites (N-methyl/N-ethyl adjacent to an activating group) is 1. The summed E-state index contributed by atoms with van der Waals surface area (Å²) in [6, 6.07) is 6.34. The molecule has 1 aromatic carbocycles. The minimum absolute atomic E-state index is 0. The van der Waals surface area contributed by atoms with Gasteiger partial charge in [-0.05, 0) is 41.3 Å². The van der Waals surface area contributed by atoms with E-state index < -0.39 is 0 Å². The summed E-state index contributed by atoms with van der Waals surface area (Å²) in [5, 5.41) is 3.43. The number of halogens is 1. The van der Waals surface area contributed by atoms with Crippen LogP contribution in [0.1, 0.15) is 22.4 Å². The van der Waals surface area contributed by atoms with E-state index in [0.717, 1.165) is 30.8 Å². The third-order valence-corrected chi connectivity index (χ3v) is 4.77. The van der Waals surface area contributed by atoms with Crippen molar-refractivity contribution in [3.63, 3.8) is 0 Å². The van der Waals surface area contributed by atoms with Crippen LogP contribution >= 0.6 is 12.4 Å². The van der Waals surface area contributed by atoms with Crippen molar-refractivity contribution in [1.29, 1.82) is 0 Å². The number of hydrogen-bond donors (Lipinski definition) is 2. The van der Waals surface area contributed by atoms with Gasteiger partial charge in [0.25, 0.3) is 0 Å². The number of anilines is 1. The Balaban J connectivity index is 0.00000144. The number of nitrogens with one attached hydrogen (secondary N) is 2. The molecule has 22 heavy (non-hydrogen) atoms. The molecule has 2 aromatic rings. The highest BCUT2D eigenvalue weighted by atomic mass is 35.5. The first-order chi connectivity index (χ1) is 10.1. The van der Waals surface area contributed by atoms with Gasteiger partial charge in [-0.15, -0.1) is 12.4 Å². The predicted molar refractivity (Wildman–Crippen MR) is 90.7 cm³/mol. The van der Waals surface area contributed by atoms with Gasteiger partial charge in [-0.3, -0.25) is 4.79 Å². The number of carbonyl (C=O) groups is 1. The van der Waals surface area contributed by atoms with Crippen LogP contribution in [0, 0.1) is 6.92 Å². The van der Waals surface area contributed by atoms with Gasteiger partial charge in [-0.25, -0.2) is 0 Å². The van der Waals surface area contributed by atoms with E-state index in [1.807, 2.05) is 7.05 Å². The van der Waals surface area contributed by atoms with Crippen molar-refractivity contribution in [3.8, 4) is 11.3 Å². The van der Waals surface area contributed by atoms with Crippen molar-refractivity contribution in [2.45, 2.75) is 26.3 Å². The van der Waals surface area contributed by atoms with Gasteiger partial charge < -0.3 is 15.2 Å². The van der Waals surface area contributed by atoms with Crippen LogP contribution in [-0.4, -0.2) is 24.5 Å². The number of rotatable bonds is 1. The molecule has 5 heteroatoms. The first kappa shape index (κ1) is 15.1. The summed E-state index contributed by atoms with van der Waals surface area (Å²) in [6.07, 6.45) is 1.57. The molecule has 0 fully saturated rings. The number of carbonyl (C=O) groups excluding carboxylic acids is 1. The number of aromatic amines is 1. The van der Waals surface area contributed by atoms with Gasteiger partial charge in [0, 0.05) is 43.6 Å². The summed E-state index contributed by atoms with van der Waals surface area (Å²) in [5.74, 6) is 0.175. The lowest BCUT2D eigenvalue weighted by Gasteiger charge is -2.12. The molecule has 0 spiro atoms. The van der Waals surface area contributed by atoms with Crippen LogP contribution in [0.2, 0.25) is 0 Å². The molecule has 0 saturated carbocycles. The Morgan fingerprint density at radius 1 is 1.27 bits per heavy atom. The highest BCUT2D eigenvalue weighted by molar-refractivity contribution is 6.01. The first-order valence-electron chi connectivity index (χ1n) is 7.46. The fourth-order valence-corrected chi connectivity index (χ4v) is 3.49. The molecule has 0 aliphatic carbocycles. The number of aromatic nitrogens is 1. The molecule has 3 heterocycles. The average molecular weight is 318 g/mol. The number of benzene rings is 1. The number of H-pyrrole nitrogens is 1. The van der Waals surface area contributed by atoms with Gasteiger partial charge in [0.1, 0.15) is 0 Å². The third-order valence-electron chi connectivity index (χ3n) is 4.77. The Hall–Kier alpha value is -1.78. The van der Waals surface area contributed by atoms with Crippen LogP contribution in [0.3, 0.4) is 0 Å². The topological polar surface area (TPSA) is 48.1 Å². The van der Waals surface area contributed by atoms with E-state index >= 15 is 0 Å². The quantitative estimate of drug-likeness (QED) is 0.849. The van der Waals surface area contributed by atoms with E-state index in [-0.39, 0.29) is 18.3 Å². The van der Waals surface area contributed by atoms with Crippen molar-refractivity contribution in [2.24, 2.45) is 0 Å². The Bertz CT molecular complexity index is 751. The molecule has 0 radical (unpaired) electrons. The monoisotopic (exact) mass is 317 g/mol. The molecule has 2 aliphatic heterocycles.